The van der Waals surface area contributed by atoms with Gasteiger partial charge in [-0.3, -0.25) is 9.59 Å². The largest absolute Gasteiger partial charge is 0.463 e. The van der Waals surface area contributed by atoms with Crippen LogP contribution in [0.15, 0.2) is 42.0 Å². The minimum absolute atomic E-state index is 0.0401. The molecule has 0 radical (unpaired) electrons. The van der Waals surface area contributed by atoms with Gasteiger partial charge < -0.3 is 30.2 Å². The second kappa shape index (κ2) is 18.5. The molecule has 44 heavy (non-hydrogen) atoms. The standard InChI is InChI=1S/C29H37N3O4.C5H11NO2/c1-3-22(2)17-28(33)36-16-15-35-14-11-31-29(34)26(21-30)19-23-7-8-25-20-27(10-9-24(25)18-23)32-12-5-4-6-13-32;1-5(2,3)8-4(6)7/h7-10,18-20,22H,3-6,11-17H2,1-2H3,(H,31,34);1-3H3,(H2,6,7)/b26-19+;. The molecule has 3 N–H and O–H groups in total. The maximum atomic E-state index is 12.4. The van der Waals surface area contributed by atoms with Gasteiger partial charge in [0.1, 0.15) is 23.9 Å². The van der Waals surface area contributed by atoms with Crippen LogP contribution in [-0.4, -0.2) is 63.0 Å². The number of benzene rings is 2. The van der Waals surface area contributed by atoms with Gasteiger partial charge >= 0.3 is 12.1 Å². The van der Waals surface area contributed by atoms with E-state index >= 15 is 0 Å². The Balaban J connectivity index is 0.000000742. The van der Waals surface area contributed by atoms with E-state index in [4.69, 9.17) is 15.2 Å². The predicted octanol–water partition coefficient (Wildman–Crippen LogP) is 5.73. The molecule has 10 nitrogen and oxygen atoms in total. The van der Waals surface area contributed by atoms with Crippen LogP contribution in [0.5, 0.6) is 0 Å². The van der Waals surface area contributed by atoms with Crippen molar-refractivity contribution in [3.8, 4) is 6.07 Å². The van der Waals surface area contributed by atoms with Crippen molar-refractivity contribution in [3.05, 3.63) is 47.5 Å². The Hall–Kier alpha value is -4.10. The average molecular weight is 609 g/mol. The van der Waals surface area contributed by atoms with Crippen LogP contribution >= 0.6 is 0 Å². The summed E-state index contributed by atoms with van der Waals surface area (Å²) in [6.45, 7) is 12.5. The number of hydrogen-bond acceptors (Lipinski definition) is 8. The van der Waals surface area contributed by atoms with E-state index in [1.165, 1.54) is 24.9 Å². The summed E-state index contributed by atoms with van der Waals surface area (Å²) < 4.78 is 15.1. The molecule has 2 aromatic carbocycles. The number of anilines is 1. The summed E-state index contributed by atoms with van der Waals surface area (Å²) >= 11 is 0. The zero-order valence-corrected chi connectivity index (χ0v) is 26.8. The Bertz CT molecular complexity index is 1310. The lowest BCUT2D eigenvalue weighted by Gasteiger charge is -2.29. The van der Waals surface area contributed by atoms with Crippen LogP contribution in [-0.2, 0) is 23.8 Å². The van der Waals surface area contributed by atoms with E-state index in [9.17, 15) is 19.6 Å². The van der Waals surface area contributed by atoms with Crippen LogP contribution in [0, 0.1) is 17.2 Å². The predicted molar refractivity (Wildman–Crippen MR) is 173 cm³/mol. The highest BCUT2D eigenvalue weighted by molar-refractivity contribution is 6.02. The van der Waals surface area contributed by atoms with Crippen molar-refractivity contribution in [3.63, 3.8) is 0 Å². The molecule has 1 fully saturated rings. The van der Waals surface area contributed by atoms with Crippen LogP contribution in [0.3, 0.4) is 0 Å². The zero-order chi connectivity index (χ0) is 32.5. The molecule has 0 spiro atoms. The number of nitrogens with one attached hydrogen (secondary N) is 1. The van der Waals surface area contributed by atoms with Crippen molar-refractivity contribution >= 4 is 40.5 Å². The van der Waals surface area contributed by atoms with Crippen molar-refractivity contribution in [1.29, 1.82) is 5.26 Å². The van der Waals surface area contributed by atoms with Crippen molar-refractivity contribution in [1.82, 2.24) is 5.32 Å². The van der Waals surface area contributed by atoms with Crippen LogP contribution in [0.1, 0.15) is 72.3 Å². The van der Waals surface area contributed by atoms with Crippen molar-refractivity contribution in [2.75, 3.05) is 44.4 Å². The second-order valence-corrected chi connectivity index (χ2v) is 11.8. The summed E-state index contributed by atoms with van der Waals surface area (Å²) in [5.41, 5.74) is 6.35. The van der Waals surface area contributed by atoms with Crippen LogP contribution in [0.2, 0.25) is 0 Å². The molecular formula is C34H48N4O6. The minimum Gasteiger partial charge on any atom is -0.463 e. The molecule has 10 heteroatoms. The second-order valence-electron chi connectivity index (χ2n) is 11.8. The van der Waals surface area contributed by atoms with E-state index in [2.05, 4.69) is 33.2 Å². The lowest BCUT2D eigenvalue weighted by atomic mass is 10.0. The number of nitriles is 1. The Morgan fingerprint density at radius 2 is 1.73 bits per heavy atom. The molecule has 0 bridgehead atoms. The monoisotopic (exact) mass is 608 g/mol. The summed E-state index contributed by atoms with van der Waals surface area (Å²) in [6, 6.07) is 14.4. The first-order valence-corrected chi connectivity index (χ1v) is 15.3. The number of ether oxygens (including phenoxy) is 3. The third kappa shape index (κ3) is 13.9. The number of esters is 1. The van der Waals surface area contributed by atoms with Crippen LogP contribution < -0.4 is 16.0 Å². The zero-order valence-electron chi connectivity index (χ0n) is 26.8. The lowest BCUT2D eigenvalue weighted by molar-refractivity contribution is -0.146. The number of rotatable bonds is 12. The molecule has 0 saturated carbocycles. The number of nitrogens with two attached hydrogens (primary N) is 1. The number of carbonyl (C=O) groups excluding carboxylic acids is 3. The molecular weight excluding hydrogens is 560 g/mol. The first-order valence-electron chi connectivity index (χ1n) is 15.3. The van der Waals surface area contributed by atoms with E-state index in [1.54, 1.807) is 26.8 Å². The summed E-state index contributed by atoms with van der Waals surface area (Å²) in [5, 5.41) is 14.4. The number of piperidine rings is 1. The molecule has 240 valence electrons. The Morgan fingerprint density at radius 1 is 1.05 bits per heavy atom. The number of amides is 2. The smallest absolute Gasteiger partial charge is 0.405 e. The maximum Gasteiger partial charge on any atom is 0.405 e. The highest BCUT2D eigenvalue weighted by atomic mass is 16.6. The third-order valence-corrected chi connectivity index (χ3v) is 6.89. The van der Waals surface area contributed by atoms with Gasteiger partial charge in [0.15, 0.2) is 0 Å². The molecule has 1 heterocycles. The van der Waals surface area contributed by atoms with Gasteiger partial charge in [-0.05, 0) is 86.6 Å². The van der Waals surface area contributed by atoms with Crippen LogP contribution in [0.4, 0.5) is 10.5 Å². The molecule has 2 aromatic rings. The quantitative estimate of drug-likeness (QED) is 0.135. The molecule has 3 rings (SSSR count). The van der Waals surface area contributed by atoms with Gasteiger partial charge in [-0.15, -0.1) is 0 Å². The van der Waals surface area contributed by atoms with Crippen molar-refractivity contribution in [2.45, 2.75) is 72.3 Å². The molecule has 1 atom stereocenters. The van der Waals surface area contributed by atoms with E-state index < -0.39 is 17.6 Å². The minimum atomic E-state index is -0.725. The third-order valence-electron chi connectivity index (χ3n) is 6.89. The fourth-order valence-electron chi connectivity index (χ4n) is 4.44. The lowest BCUT2D eigenvalue weighted by Crippen LogP contribution is -2.29. The van der Waals surface area contributed by atoms with Gasteiger partial charge in [-0.25, -0.2) is 4.79 Å². The highest BCUT2D eigenvalue weighted by Gasteiger charge is 2.13. The van der Waals surface area contributed by atoms with E-state index in [-0.39, 0.29) is 37.9 Å². The van der Waals surface area contributed by atoms with Crippen molar-refractivity contribution < 1.29 is 28.6 Å². The molecule has 1 saturated heterocycles. The van der Waals surface area contributed by atoms with Gasteiger partial charge in [0.25, 0.3) is 5.91 Å². The Kier molecular flexibility index (Phi) is 15.2. The number of hydrogen-bond donors (Lipinski definition) is 2. The highest BCUT2D eigenvalue weighted by Crippen LogP contribution is 2.26. The molecule has 0 aromatic heterocycles. The number of primary amides is 1. The first kappa shape index (κ1) is 36.1. The molecule has 1 aliphatic rings. The fraction of sp³-hybridized carbons (Fsp3) is 0.529. The average Bonchev–Trinajstić information content (AvgIpc) is 2.98. The molecule has 1 aliphatic heterocycles. The first-order chi connectivity index (χ1) is 20.9. The fourth-order valence-corrected chi connectivity index (χ4v) is 4.44. The van der Waals surface area contributed by atoms with E-state index in [0.717, 1.165) is 35.8 Å². The number of carbonyl (C=O) groups is 3. The van der Waals surface area contributed by atoms with Crippen molar-refractivity contribution in [2.24, 2.45) is 11.7 Å². The Labute approximate surface area is 261 Å². The van der Waals surface area contributed by atoms with Crippen LogP contribution in [0.25, 0.3) is 16.8 Å². The SMILES string of the molecule is CC(C)(C)OC(N)=O.CCC(C)CC(=O)OCCOCCNC(=O)/C(C#N)=C/c1ccc2cc(N3CCCCC3)ccc2c1. The van der Waals surface area contributed by atoms with Gasteiger partial charge in [-0.2, -0.15) is 5.26 Å². The van der Waals surface area contributed by atoms with Gasteiger partial charge in [0.05, 0.1) is 13.2 Å². The summed E-state index contributed by atoms with van der Waals surface area (Å²) in [7, 11) is 0. The Morgan fingerprint density at radius 3 is 2.34 bits per heavy atom. The van der Waals surface area contributed by atoms with Gasteiger partial charge in [0.2, 0.25) is 0 Å². The van der Waals surface area contributed by atoms with Gasteiger partial charge in [0, 0.05) is 31.7 Å². The van der Waals surface area contributed by atoms with Gasteiger partial charge in [-0.1, -0.05) is 38.5 Å². The summed E-state index contributed by atoms with van der Waals surface area (Å²) in [5.74, 6) is -0.356. The topological polar surface area (TPSA) is 144 Å². The van der Waals surface area contributed by atoms with E-state index in [0.29, 0.717) is 12.3 Å². The molecule has 0 aliphatic carbocycles. The maximum absolute atomic E-state index is 12.4. The summed E-state index contributed by atoms with van der Waals surface area (Å²) in [4.78, 5) is 36.5. The number of fused-ring (bicyclic) bond motifs is 1. The normalized spacial score (nSPS) is 14.1. The van der Waals surface area contributed by atoms with E-state index in [1.807, 2.05) is 38.1 Å². The number of nitrogens with zero attached hydrogens (tertiary/aromatic N) is 2. The molecule has 2 amide bonds. The summed E-state index contributed by atoms with van der Waals surface area (Å²) in [6.07, 6.45) is 6.00. The molecule has 1 unspecified atom stereocenters.